The van der Waals surface area contributed by atoms with Gasteiger partial charge in [0.1, 0.15) is 0 Å². The van der Waals surface area contributed by atoms with Crippen molar-refractivity contribution in [3.8, 4) is 0 Å². The average molecular weight is 320 g/mol. The van der Waals surface area contributed by atoms with E-state index in [9.17, 15) is 0 Å². The lowest BCUT2D eigenvalue weighted by atomic mass is 10.3. The maximum Gasteiger partial charge on any atom is 0.170 e. The minimum absolute atomic E-state index is 0.359. The van der Waals surface area contributed by atoms with Gasteiger partial charge in [-0.2, -0.15) is 0 Å². The van der Waals surface area contributed by atoms with Crippen LogP contribution in [0.5, 0.6) is 0 Å². The summed E-state index contributed by atoms with van der Waals surface area (Å²) in [7, 11) is 0. The highest BCUT2D eigenvalue weighted by Crippen LogP contribution is 2.11. The van der Waals surface area contributed by atoms with Crippen molar-refractivity contribution in [1.82, 2.24) is 5.32 Å². The van der Waals surface area contributed by atoms with Crippen molar-refractivity contribution in [2.24, 2.45) is 0 Å². The van der Waals surface area contributed by atoms with Crippen molar-refractivity contribution in [2.45, 2.75) is 19.9 Å². The molecule has 0 bridgehead atoms. The molecule has 0 aliphatic carbocycles. The van der Waals surface area contributed by atoms with Crippen molar-refractivity contribution >= 4 is 45.6 Å². The Hall–Kier alpha value is -0.360. The fourth-order valence-corrected chi connectivity index (χ4v) is 1.89. The highest BCUT2D eigenvalue weighted by atomic mass is 127. The van der Waals surface area contributed by atoms with Crippen LogP contribution in [0.15, 0.2) is 24.3 Å². The van der Waals surface area contributed by atoms with Gasteiger partial charge in [-0.15, -0.1) is 0 Å². The zero-order chi connectivity index (χ0) is 10.6. The first kappa shape index (κ1) is 11.7. The van der Waals surface area contributed by atoms with Crippen LogP contribution in [0.4, 0.5) is 5.69 Å². The van der Waals surface area contributed by atoms with Gasteiger partial charge in [-0.05, 0) is 66.9 Å². The first-order valence-corrected chi connectivity index (χ1v) is 5.89. The summed E-state index contributed by atoms with van der Waals surface area (Å²) >= 11 is 7.40. The second kappa shape index (κ2) is 5.50. The average Bonchev–Trinajstić information content (AvgIpc) is 2.01. The van der Waals surface area contributed by atoms with Crippen molar-refractivity contribution in [2.75, 3.05) is 5.32 Å². The Morgan fingerprint density at radius 1 is 1.43 bits per heavy atom. The number of hydrogen-bond donors (Lipinski definition) is 2. The van der Waals surface area contributed by atoms with Crippen molar-refractivity contribution in [3.63, 3.8) is 0 Å². The Morgan fingerprint density at radius 3 is 2.71 bits per heavy atom. The van der Waals surface area contributed by atoms with Crippen LogP contribution in [0.25, 0.3) is 0 Å². The molecule has 1 aromatic rings. The molecule has 0 saturated heterocycles. The van der Waals surface area contributed by atoms with Crippen LogP contribution in [0.1, 0.15) is 13.8 Å². The van der Waals surface area contributed by atoms with E-state index in [1.165, 1.54) is 3.57 Å². The molecule has 14 heavy (non-hydrogen) atoms. The van der Waals surface area contributed by atoms with E-state index in [4.69, 9.17) is 12.2 Å². The number of nitrogens with one attached hydrogen (secondary N) is 2. The second-order valence-corrected chi connectivity index (χ2v) is 4.92. The summed E-state index contributed by atoms with van der Waals surface area (Å²) in [5.74, 6) is 0. The largest absolute Gasteiger partial charge is 0.360 e. The summed E-state index contributed by atoms with van der Waals surface area (Å²) in [6.45, 7) is 4.12. The molecule has 0 aliphatic heterocycles. The van der Waals surface area contributed by atoms with Gasteiger partial charge in [-0.1, -0.05) is 6.07 Å². The standard InChI is InChI=1S/C10H13IN2S/c1-7(2)12-10(14)13-9-5-3-4-8(11)6-9/h3-7H,1-2H3,(H2,12,13,14). The van der Waals surface area contributed by atoms with Crippen molar-refractivity contribution in [1.29, 1.82) is 0 Å². The zero-order valence-electron chi connectivity index (χ0n) is 8.17. The van der Waals surface area contributed by atoms with Crippen LogP contribution < -0.4 is 10.6 Å². The number of anilines is 1. The molecule has 1 rings (SSSR count). The number of halogens is 1. The third-order valence-corrected chi connectivity index (χ3v) is 2.39. The Kier molecular flexibility index (Phi) is 4.60. The molecule has 0 atom stereocenters. The minimum atomic E-state index is 0.359. The summed E-state index contributed by atoms with van der Waals surface area (Å²) in [5.41, 5.74) is 1.02. The van der Waals surface area contributed by atoms with Gasteiger partial charge in [-0.3, -0.25) is 0 Å². The van der Waals surface area contributed by atoms with E-state index in [1.54, 1.807) is 0 Å². The molecule has 4 heteroatoms. The van der Waals surface area contributed by atoms with Gasteiger partial charge in [-0.25, -0.2) is 0 Å². The molecule has 0 unspecified atom stereocenters. The Balaban J connectivity index is 2.56. The Labute approximate surface area is 104 Å². The molecular formula is C10H13IN2S. The molecule has 2 N–H and O–H groups in total. The molecule has 0 radical (unpaired) electrons. The summed E-state index contributed by atoms with van der Waals surface area (Å²) in [4.78, 5) is 0. The summed E-state index contributed by atoms with van der Waals surface area (Å²) in [6, 6.07) is 8.45. The lowest BCUT2D eigenvalue weighted by Gasteiger charge is -2.13. The first-order chi connectivity index (χ1) is 6.58. The molecule has 0 heterocycles. The van der Waals surface area contributed by atoms with Gasteiger partial charge in [0.25, 0.3) is 0 Å². The molecule has 0 aromatic heterocycles. The highest BCUT2D eigenvalue weighted by Gasteiger charge is 1.99. The maximum atomic E-state index is 5.13. The van der Waals surface area contributed by atoms with Gasteiger partial charge in [0.15, 0.2) is 5.11 Å². The quantitative estimate of drug-likeness (QED) is 0.647. The van der Waals surface area contributed by atoms with E-state index in [1.807, 2.05) is 18.2 Å². The Bertz CT molecular complexity index is 326. The summed E-state index contributed by atoms with van der Waals surface area (Å²) in [6.07, 6.45) is 0. The second-order valence-electron chi connectivity index (χ2n) is 3.26. The normalized spacial score (nSPS) is 10.0. The van der Waals surface area contributed by atoms with E-state index in [0.717, 1.165) is 5.69 Å². The van der Waals surface area contributed by atoms with Crippen molar-refractivity contribution < 1.29 is 0 Å². The van der Waals surface area contributed by atoms with Gasteiger partial charge >= 0.3 is 0 Å². The zero-order valence-corrected chi connectivity index (χ0v) is 11.1. The molecule has 1 aromatic carbocycles. The van der Waals surface area contributed by atoms with Gasteiger partial charge in [0.05, 0.1) is 0 Å². The molecule has 0 aliphatic rings. The summed E-state index contributed by atoms with van der Waals surface area (Å²) in [5, 5.41) is 6.93. The molecular weight excluding hydrogens is 307 g/mol. The summed E-state index contributed by atoms with van der Waals surface area (Å²) < 4.78 is 1.19. The minimum Gasteiger partial charge on any atom is -0.360 e. The van der Waals surface area contributed by atoms with Crippen LogP contribution >= 0.6 is 34.8 Å². The van der Waals surface area contributed by atoms with E-state index >= 15 is 0 Å². The molecule has 0 fully saturated rings. The van der Waals surface area contributed by atoms with Crippen LogP contribution in [0.2, 0.25) is 0 Å². The van der Waals surface area contributed by atoms with E-state index in [2.05, 4.69) is 53.1 Å². The topological polar surface area (TPSA) is 24.1 Å². The number of thiocarbonyl (C=S) groups is 1. The number of benzene rings is 1. The van der Waals surface area contributed by atoms with E-state index in [0.29, 0.717) is 11.2 Å². The van der Waals surface area contributed by atoms with Crippen LogP contribution in [0, 0.1) is 3.57 Å². The lowest BCUT2D eigenvalue weighted by molar-refractivity contribution is 0.739. The third kappa shape index (κ3) is 4.23. The molecule has 76 valence electrons. The van der Waals surface area contributed by atoms with Crippen LogP contribution in [-0.4, -0.2) is 11.2 Å². The fourth-order valence-electron chi connectivity index (χ4n) is 0.996. The highest BCUT2D eigenvalue weighted by molar-refractivity contribution is 14.1. The molecule has 0 saturated carbocycles. The van der Waals surface area contributed by atoms with Crippen molar-refractivity contribution in [3.05, 3.63) is 27.8 Å². The lowest BCUT2D eigenvalue weighted by Crippen LogP contribution is -2.33. The van der Waals surface area contributed by atoms with Gasteiger partial charge in [0.2, 0.25) is 0 Å². The fraction of sp³-hybridized carbons (Fsp3) is 0.300. The molecule has 2 nitrogen and oxygen atoms in total. The van der Waals surface area contributed by atoms with Gasteiger partial charge in [0, 0.05) is 15.3 Å². The van der Waals surface area contributed by atoms with Gasteiger partial charge < -0.3 is 10.6 Å². The third-order valence-electron chi connectivity index (χ3n) is 1.50. The molecule has 0 spiro atoms. The number of rotatable bonds is 2. The smallest absolute Gasteiger partial charge is 0.170 e. The predicted octanol–water partition coefficient (Wildman–Crippen LogP) is 2.99. The first-order valence-electron chi connectivity index (χ1n) is 4.41. The number of hydrogen-bond acceptors (Lipinski definition) is 1. The molecule has 0 amide bonds. The maximum absolute atomic E-state index is 5.13. The monoisotopic (exact) mass is 320 g/mol. The van der Waals surface area contributed by atoms with Crippen LogP contribution in [-0.2, 0) is 0 Å². The predicted molar refractivity (Wildman–Crippen MR) is 73.7 cm³/mol. The SMILES string of the molecule is CC(C)NC(=S)Nc1cccc(I)c1. The Morgan fingerprint density at radius 2 is 2.14 bits per heavy atom. The van der Waals surface area contributed by atoms with E-state index in [-0.39, 0.29) is 0 Å². The van der Waals surface area contributed by atoms with E-state index < -0.39 is 0 Å². The van der Waals surface area contributed by atoms with Crippen LogP contribution in [0.3, 0.4) is 0 Å².